The van der Waals surface area contributed by atoms with Crippen LogP contribution >= 0.6 is 11.3 Å². The second kappa shape index (κ2) is 5.42. The lowest BCUT2D eigenvalue weighted by atomic mass is 10.0. The largest absolute Gasteiger partial charge is 0.463 e. The number of thiophene rings is 1. The van der Waals surface area contributed by atoms with Crippen LogP contribution in [-0.2, 0) is 5.60 Å². The van der Waals surface area contributed by atoms with Gasteiger partial charge in [-0.2, -0.15) is 0 Å². The fourth-order valence-corrected chi connectivity index (χ4v) is 2.79. The Bertz CT molecular complexity index is 605. The third-order valence-corrected chi connectivity index (χ3v) is 4.41. The molecule has 1 amide bonds. The highest BCUT2D eigenvalue weighted by Crippen LogP contribution is 2.23. The maximum Gasteiger partial charge on any atom is 0.261 e. The van der Waals surface area contributed by atoms with Crippen molar-refractivity contribution in [2.24, 2.45) is 0 Å². The Morgan fingerprint density at radius 2 is 2.10 bits per heavy atom. The van der Waals surface area contributed by atoms with Crippen molar-refractivity contribution in [1.82, 2.24) is 5.32 Å². The van der Waals surface area contributed by atoms with E-state index in [1.54, 1.807) is 19.1 Å². The summed E-state index contributed by atoms with van der Waals surface area (Å²) < 4.78 is 5.41. The summed E-state index contributed by atoms with van der Waals surface area (Å²) in [6.07, 6.45) is 0. The Labute approximate surface area is 122 Å². The molecule has 2 heterocycles. The predicted molar refractivity (Wildman–Crippen MR) is 79.1 cm³/mol. The highest BCUT2D eigenvalue weighted by molar-refractivity contribution is 7.14. The van der Waals surface area contributed by atoms with Gasteiger partial charge in [0.2, 0.25) is 0 Å². The maximum absolute atomic E-state index is 12.1. The average Bonchev–Trinajstić information content (AvgIpc) is 2.94. The Balaban J connectivity index is 2.02. The van der Waals surface area contributed by atoms with Crippen molar-refractivity contribution in [3.05, 3.63) is 45.0 Å². The number of furan rings is 1. The number of carbonyl (C=O) groups excluding carboxylic acids is 1. The topological polar surface area (TPSA) is 62.5 Å². The van der Waals surface area contributed by atoms with Crippen LogP contribution in [0.4, 0.5) is 0 Å². The Morgan fingerprint density at radius 3 is 2.60 bits per heavy atom. The molecule has 0 saturated carbocycles. The van der Waals surface area contributed by atoms with Gasteiger partial charge in [-0.05, 0) is 51.5 Å². The molecule has 2 aromatic heterocycles. The van der Waals surface area contributed by atoms with Crippen molar-refractivity contribution in [1.29, 1.82) is 0 Å². The Morgan fingerprint density at radius 1 is 1.40 bits per heavy atom. The van der Waals surface area contributed by atoms with E-state index in [2.05, 4.69) is 5.32 Å². The minimum absolute atomic E-state index is 0.106. The quantitative estimate of drug-likeness (QED) is 0.911. The molecule has 4 nitrogen and oxygen atoms in total. The molecule has 1 unspecified atom stereocenters. The lowest BCUT2D eigenvalue weighted by molar-refractivity contribution is 0.0324. The minimum Gasteiger partial charge on any atom is -0.463 e. The molecule has 0 radical (unpaired) electrons. The molecule has 2 N–H and O–H groups in total. The van der Waals surface area contributed by atoms with E-state index in [9.17, 15) is 9.90 Å². The van der Waals surface area contributed by atoms with Crippen molar-refractivity contribution in [2.45, 2.75) is 33.3 Å². The van der Waals surface area contributed by atoms with E-state index in [0.717, 1.165) is 16.2 Å². The third kappa shape index (κ3) is 3.11. The van der Waals surface area contributed by atoms with Crippen molar-refractivity contribution in [3.63, 3.8) is 0 Å². The third-order valence-electron chi connectivity index (χ3n) is 3.25. The van der Waals surface area contributed by atoms with Gasteiger partial charge in [-0.15, -0.1) is 11.3 Å². The summed E-state index contributed by atoms with van der Waals surface area (Å²) in [5.74, 6) is 1.01. The average molecular weight is 293 g/mol. The number of hydrogen-bond donors (Lipinski definition) is 2. The number of amides is 1. The van der Waals surface area contributed by atoms with Gasteiger partial charge in [0, 0.05) is 4.88 Å². The molecular formula is C15H19NO3S. The molecule has 20 heavy (non-hydrogen) atoms. The SMILES string of the molecule is Cc1ccc(C(C)(O)CNC(=O)c2cc(C)c(C)s2)o1. The fraction of sp³-hybridized carbons (Fsp3) is 0.400. The summed E-state index contributed by atoms with van der Waals surface area (Å²) in [6, 6.07) is 5.37. The zero-order valence-corrected chi connectivity index (χ0v) is 12.9. The van der Waals surface area contributed by atoms with Gasteiger partial charge < -0.3 is 14.8 Å². The van der Waals surface area contributed by atoms with E-state index in [4.69, 9.17) is 4.42 Å². The monoisotopic (exact) mass is 293 g/mol. The Hall–Kier alpha value is -1.59. The highest BCUT2D eigenvalue weighted by atomic mass is 32.1. The minimum atomic E-state index is -1.22. The summed E-state index contributed by atoms with van der Waals surface area (Å²) >= 11 is 1.46. The number of nitrogens with one attached hydrogen (secondary N) is 1. The van der Waals surface area contributed by atoms with Crippen LogP contribution in [0.2, 0.25) is 0 Å². The van der Waals surface area contributed by atoms with E-state index in [0.29, 0.717) is 10.6 Å². The summed E-state index contributed by atoms with van der Waals surface area (Å²) in [5, 5.41) is 13.1. The first-order valence-electron chi connectivity index (χ1n) is 6.44. The molecule has 5 heteroatoms. The fourth-order valence-electron chi connectivity index (χ4n) is 1.84. The van der Waals surface area contributed by atoms with E-state index in [1.807, 2.05) is 26.8 Å². The van der Waals surface area contributed by atoms with Crippen LogP contribution in [0, 0.1) is 20.8 Å². The smallest absolute Gasteiger partial charge is 0.261 e. The first-order valence-corrected chi connectivity index (χ1v) is 7.26. The molecule has 0 spiro atoms. The highest BCUT2D eigenvalue weighted by Gasteiger charge is 2.27. The van der Waals surface area contributed by atoms with Crippen LogP contribution in [0.25, 0.3) is 0 Å². The van der Waals surface area contributed by atoms with Crippen molar-refractivity contribution < 1.29 is 14.3 Å². The molecular weight excluding hydrogens is 274 g/mol. The summed E-state index contributed by atoms with van der Waals surface area (Å²) in [7, 11) is 0. The van der Waals surface area contributed by atoms with Crippen LogP contribution in [0.15, 0.2) is 22.6 Å². The van der Waals surface area contributed by atoms with Crippen LogP contribution < -0.4 is 5.32 Å². The van der Waals surface area contributed by atoms with E-state index < -0.39 is 5.60 Å². The zero-order chi connectivity index (χ0) is 14.9. The summed E-state index contributed by atoms with van der Waals surface area (Å²) in [5.41, 5.74) is -0.112. The standard InChI is InChI=1S/C15H19NO3S/c1-9-7-12(20-11(9)3)14(17)16-8-15(4,18)13-6-5-10(2)19-13/h5-7,18H,8H2,1-4H3,(H,16,17). The molecule has 0 bridgehead atoms. The molecule has 1 atom stereocenters. The van der Waals surface area contributed by atoms with Gasteiger partial charge in [-0.1, -0.05) is 0 Å². The maximum atomic E-state index is 12.1. The van der Waals surface area contributed by atoms with Crippen LogP contribution in [0.1, 0.15) is 38.6 Å². The molecule has 108 valence electrons. The van der Waals surface area contributed by atoms with Crippen LogP contribution in [0.5, 0.6) is 0 Å². The molecule has 2 rings (SSSR count). The second-order valence-electron chi connectivity index (χ2n) is 5.22. The van der Waals surface area contributed by atoms with Crippen molar-refractivity contribution in [3.8, 4) is 0 Å². The van der Waals surface area contributed by atoms with Gasteiger partial charge in [-0.3, -0.25) is 4.79 Å². The van der Waals surface area contributed by atoms with E-state index in [-0.39, 0.29) is 12.5 Å². The molecule has 0 aliphatic carbocycles. The molecule has 0 aliphatic heterocycles. The number of aliphatic hydroxyl groups is 1. The summed E-state index contributed by atoms with van der Waals surface area (Å²) in [4.78, 5) is 13.8. The number of rotatable bonds is 4. The van der Waals surface area contributed by atoms with Gasteiger partial charge in [0.1, 0.15) is 17.1 Å². The van der Waals surface area contributed by atoms with E-state index in [1.165, 1.54) is 11.3 Å². The predicted octanol–water partition coefficient (Wildman–Crippen LogP) is 2.90. The molecule has 0 aliphatic rings. The van der Waals surface area contributed by atoms with Gasteiger partial charge >= 0.3 is 0 Å². The zero-order valence-electron chi connectivity index (χ0n) is 12.1. The summed E-state index contributed by atoms with van der Waals surface area (Å²) in [6.45, 7) is 7.50. The molecule has 0 fully saturated rings. The first kappa shape index (κ1) is 14.8. The van der Waals surface area contributed by atoms with Crippen molar-refractivity contribution in [2.75, 3.05) is 6.54 Å². The number of hydrogen-bond acceptors (Lipinski definition) is 4. The van der Waals surface area contributed by atoms with Gasteiger partial charge in [-0.25, -0.2) is 0 Å². The van der Waals surface area contributed by atoms with Crippen LogP contribution in [-0.4, -0.2) is 17.6 Å². The number of aryl methyl sites for hydroxylation is 3. The van der Waals surface area contributed by atoms with Gasteiger partial charge in [0.05, 0.1) is 11.4 Å². The van der Waals surface area contributed by atoms with Gasteiger partial charge in [0.25, 0.3) is 5.91 Å². The molecule has 0 aromatic carbocycles. The molecule has 0 saturated heterocycles. The number of carbonyl (C=O) groups is 1. The lowest BCUT2D eigenvalue weighted by Crippen LogP contribution is -2.38. The van der Waals surface area contributed by atoms with E-state index >= 15 is 0 Å². The first-order chi connectivity index (χ1) is 9.29. The van der Waals surface area contributed by atoms with Crippen LogP contribution in [0.3, 0.4) is 0 Å². The normalized spacial score (nSPS) is 14.1. The van der Waals surface area contributed by atoms with Gasteiger partial charge in [0.15, 0.2) is 0 Å². The Kier molecular flexibility index (Phi) is 4.01. The van der Waals surface area contributed by atoms with Crippen molar-refractivity contribution >= 4 is 17.2 Å². The molecule has 2 aromatic rings. The lowest BCUT2D eigenvalue weighted by Gasteiger charge is -2.21. The second-order valence-corrected chi connectivity index (χ2v) is 6.47.